The Kier molecular flexibility index (Phi) is 5.62. The van der Waals surface area contributed by atoms with Crippen LogP contribution in [0.2, 0.25) is 0 Å². The van der Waals surface area contributed by atoms with Crippen molar-refractivity contribution in [3.63, 3.8) is 0 Å². The zero-order chi connectivity index (χ0) is 22.1. The number of nitrogens with zero attached hydrogens (tertiary/aromatic N) is 3. The molecule has 10 nitrogen and oxygen atoms in total. The fourth-order valence-electron chi connectivity index (χ4n) is 2.78. The van der Waals surface area contributed by atoms with Gasteiger partial charge in [-0.15, -0.1) is 6.58 Å². The van der Waals surface area contributed by atoms with Crippen LogP contribution in [0.1, 0.15) is 5.69 Å². The van der Waals surface area contributed by atoms with Crippen molar-refractivity contribution in [3.05, 3.63) is 76.6 Å². The number of carbonyl (C=O) groups is 2. The molecule has 0 unspecified atom stereocenters. The Balaban J connectivity index is 2.11. The summed E-state index contributed by atoms with van der Waals surface area (Å²) in [6, 6.07) is 7.60. The van der Waals surface area contributed by atoms with Crippen LogP contribution in [0, 0.1) is 10.1 Å². The summed E-state index contributed by atoms with van der Waals surface area (Å²) < 4.78 is 26.9. The number of para-hydroxylation sites is 1. The maximum absolute atomic E-state index is 13.1. The van der Waals surface area contributed by atoms with E-state index < -0.39 is 37.3 Å². The predicted octanol–water partition coefficient (Wildman–Crippen LogP) is 1.45. The Hall–Kier alpha value is -3.64. The quantitative estimate of drug-likeness (QED) is 0.177. The summed E-state index contributed by atoms with van der Waals surface area (Å²) in [6.07, 6.45) is 3.67. The normalized spacial score (nSPS) is 15.9. The van der Waals surface area contributed by atoms with Gasteiger partial charge in [-0.2, -0.15) is 0 Å². The number of thiocarbonyl (C=S) groups is 1. The molecule has 1 aliphatic heterocycles. The summed E-state index contributed by atoms with van der Waals surface area (Å²) in [6.45, 7) is 3.57. The average Bonchev–Trinajstić information content (AvgIpc) is 3.17. The molecule has 1 aliphatic rings. The van der Waals surface area contributed by atoms with E-state index in [1.165, 1.54) is 30.3 Å². The molecule has 0 atom stereocenters. The van der Waals surface area contributed by atoms with E-state index in [2.05, 4.69) is 11.9 Å². The number of carbonyl (C=O) groups excluding carboxylic acids is 2. The smallest absolute Gasteiger partial charge is 0.289 e. The highest BCUT2D eigenvalue weighted by Gasteiger charge is 2.34. The van der Waals surface area contributed by atoms with Gasteiger partial charge >= 0.3 is 0 Å². The van der Waals surface area contributed by atoms with Gasteiger partial charge in [0.15, 0.2) is 10.0 Å². The monoisotopic (exact) mass is 446 g/mol. The number of hydrogen-bond donors (Lipinski definition) is 1. The molecule has 1 aromatic carbocycles. The number of benzene rings is 1. The Labute approximate surface area is 176 Å². The van der Waals surface area contributed by atoms with Crippen molar-refractivity contribution in [1.82, 2.24) is 14.2 Å². The van der Waals surface area contributed by atoms with Crippen molar-refractivity contribution in [2.75, 3.05) is 6.54 Å². The molecule has 1 saturated heterocycles. The molecule has 1 fully saturated rings. The van der Waals surface area contributed by atoms with E-state index in [1.807, 2.05) is 0 Å². The third-order valence-corrected chi connectivity index (χ3v) is 6.21. The number of rotatable bonds is 6. The molecule has 0 radical (unpaired) electrons. The Morgan fingerprint density at radius 2 is 1.90 bits per heavy atom. The van der Waals surface area contributed by atoms with E-state index in [9.17, 15) is 28.1 Å². The van der Waals surface area contributed by atoms with Gasteiger partial charge in [-0.1, -0.05) is 18.2 Å². The van der Waals surface area contributed by atoms with Gasteiger partial charge in [-0.05, 0) is 36.5 Å². The fourth-order valence-corrected chi connectivity index (χ4v) is 4.52. The minimum atomic E-state index is -4.39. The van der Waals surface area contributed by atoms with Crippen molar-refractivity contribution in [3.8, 4) is 0 Å². The van der Waals surface area contributed by atoms with Crippen molar-refractivity contribution in [2.45, 2.75) is 4.90 Å². The van der Waals surface area contributed by atoms with Crippen molar-refractivity contribution in [2.24, 2.45) is 0 Å². The molecular formula is C18H14N4O6S2. The SMILES string of the molecule is C=CCN1C(=O)/C(=C/c2cccn2S(=O)(=O)c2ccccc2[N+](=O)[O-])C(=O)NC1=S. The summed E-state index contributed by atoms with van der Waals surface area (Å²) in [7, 11) is -4.39. The minimum Gasteiger partial charge on any atom is -0.298 e. The molecule has 2 aromatic rings. The molecule has 0 spiro atoms. The molecule has 0 aliphatic carbocycles. The molecule has 2 heterocycles. The number of hydrogen-bond acceptors (Lipinski definition) is 7. The van der Waals surface area contributed by atoms with E-state index in [4.69, 9.17) is 12.2 Å². The Morgan fingerprint density at radius 1 is 1.20 bits per heavy atom. The van der Waals surface area contributed by atoms with Gasteiger partial charge in [-0.3, -0.25) is 29.9 Å². The standard InChI is InChI=1S/C18H14N4O6S2/c1-2-9-20-17(24)13(16(23)19-18(20)29)11-12-6-5-10-21(12)30(27,28)15-8-4-3-7-14(15)22(25)26/h2-8,10-11H,1,9H2,(H,19,23,29)/b13-11+. The first kappa shape index (κ1) is 21.1. The second kappa shape index (κ2) is 8.00. The maximum Gasteiger partial charge on any atom is 0.289 e. The molecule has 3 rings (SSSR count). The lowest BCUT2D eigenvalue weighted by Gasteiger charge is -2.27. The molecule has 1 aromatic heterocycles. The third kappa shape index (κ3) is 3.65. The summed E-state index contributed by atoms with van der Waals surface area (Å²) in [5.41, 5.74) is -0.986. The van der Waals surface area contributed by atoms with Crippen LogP contribution in [-0.2, 0) is 19.6 Å². The summed E-state index contributed by atoms with van der Waals surface area (Å²) in [5, 5.41) is 13.5. The molecule has 30 heavy (non-hydrogen) atoms. The summed E-state index contributed by atoms with van der Waals surface area (Å²) in [5.74, 6) is -1.51. The first-order valence-electron chi connectivity index (χ1n) is 8.34. The van der Waals surface area contributed by atoms with Crippen molar-refractivity contribution >= 4 is 50.9 Å². The average molecular weight is 446 g/mol. The van der Waals surface area contributed by atoms with Crippen LogP contribution < -0.4 is 5.32 Å². The number of nitrogens with one attached hydrogen (secondary N) is 1. The van der Waals surface area contributed by atoms with Crippen molar-refractivity contribution < 1.29 is 22.9 Å². The highest BCUT2D eigenvalue weighted by atomic mass is 32.2. The minimum absolute atomic E-state index is 0.0435. The van der Waals surface area contributed by atoms with Gasteiger partial charge in [-0.25, -0.2) is 12.4 Å². The van der Waals surface area contributed by atoms with Crippen LogP contribution in [0.4, 0.5) is 5.69 Å². The lowest BCUT2D eigenvalue weighted by atomic mass is 10.1. The van der Waals surface area contributed by atoms with E-state index in [1.54, 1.807) is 0 Å². The first-order valence-corrected chi connectivity index (χ1v) is 10.2. The van der Waals surface area contributed by atoms with E-state index in [0.29, 0.717) is 0 Å². The van der Waals surface area contributed by atoms with Crippen LogP contribution in [0.5, 0.6) is 0 Å². The van der Waals surface area contributed by atoms with Crippen LogP contribution >= 0.6 is 12.2 Å². The third-order valence-electron chi connectivity index (χ3n) is 4.13. The van der Waals surface area contributed by atoms with Crippen LogP contribution in [0.25, 0.3) is 6.08 Å². The Morgan fingerprint density at radius 3 is 2.57 bits per heavy atom. The van der Waals surface area contributed by atoms with Crippen molar-refractivity contribution in [1.29, 1.82) is 0 Å². The molecule has 0 bridgehead atoms. The second-order valence-electron chi connectivity index (χ2n) is 5.98. The highest BCUT2D eigenvalue weighted by molar-refractivity contribution is 7.90. The predicted molar refractivity (Wildman–Crippen MR) is 111 cm³/mol. The summed E-state index contributed by atoms with van der Waals surface area (Å²) >= 11 is 4.97. The molecule has 0 saturated carbocycles. The van der Waals surface area contributed by atoms with Gasteiger partial charge in [0.05, 0.1) is 10.6 Å². The van der Waals surface area contributed by atoms with E-state index in [-0.39, 0.29) is 22.9 Å². The zero-order valence-corrected chi connectivity index (χ0v) is 16.9. The van der Waals surface area contributed by atoms with Gasteiger partial charge in [0.1, 0.15) is 5.57 Å². The maximum atomic E-state index is 13.1. The van der Waals surface area contributed by atoms with Gasteiger partial charge in [0.2, 0.25) is 0 Å². The molecule has 2 amide bonds. The largest absolute Gasteiger partial charge is 0.298 e. The zero-order valence-electron chi connectivity index (χ0n) is 15.2. The van der Waals surface area contributed by atoms with E-state index in [0.717, 1.165) is 33.3 Å². The highest BCUT2D eigenvalue weighted by Crippen LogP contribution is 2.27. The molecule has 12 heteroatoms. The van der Waals surface area contributed by atoms with Gasteiger partial charge in [0, 0.05) is 18.8 Å². The molecular weight excluding hydrogens is 432 g/mol. The lowest BCUT2D eigenvalue weighted by molar-refractivity contribution is -0.387. The lowest BCUT2D eigenvalue weighted by Crippen LogP contribution is -2.53. The van der Waals surface area contributed by atoms with Crippen LogP contribution in [0.3, 0.4) is 0 Å². The van der Waals surface area contributed by atoms with Crippen LogP contribution in [0.15, 0.2) is 65.7 Å². The van der Waals surface area contributed by atoms with E-state index >= 15 is 0 Å². The number of nitro benzene ring substituents is 1. The first-order chi connectivity index (χ1) is 14.2. The number of nitro groups is 1. The van der Waals surface area contributed by atoms with Gasteiger partial charge < -0.3 is 0 Å². The fraction of sp³-hybridized carbons (Fsp3) is 0.0556. The second-order valence-corrected chi connectivity index (χ2v) is 8.15. The molecule has 154 valence electrons. The van der Waals surface area contributed by atoms with Gasteiger partial charge in [0.25, 0.3) is 27.5 Å². The number of amides is 2. The summed E-state index contributed by atoms with van der Waals surface area (Å²) in [4.78, 5) is 35.9. The van der Waals surface area contributed by atoms with Crippen LogP contribution in [-0.4, -0.2) is 45.7 Å². The number of aromatic nitrogens is 1. The Bertz CT molecular complexity index is 1230. The topological polar surface area (TPSA) is 132 Å². The molecule has 1 N–H and O–H groups in total.